The molecule has 1 aromatic heterocycles. The van der Waals surface area contributed by atoms with Gasteiger partial charge in [-0.1, -0.05) is 0 Å². The molecule has 0 aliphatic carbocycles. The van der Waals surface area contributed by atoms with Gasteiger partial charge >= 0.3 is 0 Å². The molecule has 3 heteroatoms. The molecule has 2 heterocycles. The number of pyridine rings is 1. The number of aromatic nitrogens is 1. The fourth-order valence-electron chi connectivity index (χ4n) is 2.00. The van der Waals surface area contributed by atoms with E-state index in [1.165, 1.54) is 0 Å². The Morgan fingerprint density at radius 2 is 2.14 bits per heavy atom. The van der Waals surface area contributed by atoms with Crippen molar-refractivity contribution < 1.29 is 5.11 Å². The lowest BCUT2D eigenvalue weighted by atomic mass is 9.95. The van der Waals surface area contributed by atoms with Crippen molar-refractivity contribution in [1.29, 1.82) is 0 Å². The minimum absolute atomic E-state index is 0.540. The van der Waals surface area contributed by atoms with Crippen LogP contribution in [0.1, 0.15) is 19.8 Å². The second-order valence-electron chi connectivity index (χ2n) is 4.23. The smallest absolute Gasteiger partial charge is 0.0794 e. The average Bonchev–Trinajstić information content (AvgIpc) is 2.18. The molecular formula is C11H16N2O. The van der Waals surface area contributed by atoms with Gasteiger partial charge in [0, 0.05) is 31.2 Å². The number of rotatable bonds is 1. The zero-order valence-electron chi connectivity index (χ0n) is 8.48. The Morgan fingerprint density at radius 3 is 2.79 bits per heavy atom. The summed E-state index contributed by atoms with van der Waals surface area (Å²) >= 11 is 0. The number of β-amino-alcohol motifs (C(OH)–C–C–N with tert-alkyl or cyclic N) is 1. The van der Waals surface area contributed by atoms with Crippen LogP contribution in [0.3, 0.4) is 0 Å². The summed E-state index contributed by atoms with van der Waals surface area (Å²) in [5, 5.41) is 9.95. The van der Waals surface area contributed by atoms with Crippen LogP contribution in [0.4, 0.5) is 5.69 Å². The zero-order chi connectivity index (χ0) is 10.0. The molecule has 1 aliphatic heterocycles. The van der Waals surface area contributed by atoms with E-state index in [4.69, 9.17) is 0 Å². The highest BCUT2D eigenvalue weighted by molar-refractivity contribution is 5.45. The topological polar surface area (TPSA) is 36.4 Å². The maximum absolute atomic E-state index is 9.95. The van der Waals surface area contributed by atoms with Gasteiger partial charge < -0.3 is 10.0 Å². The summed E-state index contributed by atoms with van der Waals surface area (Å²) in [6.07, 6.45) is 5.53. The van der Waals surface area contributed by atoms with E-state index in [-0.39, 0.29) is 0 Å². The molecule has 0 unspecified atom stereocenters. The van der Waals surface area contributed by atoms with Gasteiger partial charge in [-0.2, -0.15) is 0 Å². The van der Waals surface area contributed by atoms with Gasteiger partial charge in [-0.05, 0) is 31.9 Å². The van der Waals surface area contributed by atoms with E-state index in [1.807, 2.05) is 19.1 Å². The average molecular weight is 192 g/mol. The molecule has 0 bridgehead atoms. The third-order valence-electron chi connectivity index (χ3n) is 2.70. The summed E-state index contributed by atoms with van der Waals surface area (Å²) in [5.74, 6) is 0. The molecule has 1 saturated heterocycles. The monoisotopic (exact) mass is 192 g/mol. The second kappa shape index (κ2) is 3.58. The first-order valence-corrected chi connectivity index (χ1v) is 5.05. The van der Waals surface area contributed by atoms with Crippen molar-refractivity contribution >= 4 is 5.69 Å². The summed E-state index contributed by atoms with van der Waals surface area (Å²) in [5.41, 5.74) is 0.613. The summed E-state index contributed by atoms with van der Waals surface area (Å²) in [6.45, 7) is 3.65. The van der Waals surface area contributed by atoms with E-state index in [2.05, 4.69) is 9.88 Å². The van der Waals surface area contributed by atoms with E-state index >= 15 is 0 Å². The fourth-order valence-corrected chi connectivity index (χ4v) is 2.00. The molecule has 1 aromatic rings. The predicted octanol–water partition coefficient (Wildman–Crippen LogP) is 1.43. The first-order valence-electron chi connectivity index (χ1n) is 5.05. The summed E-state index contributed by atoms with van der Waals surface area (Å²) in [7, 11) is 0. The number of nitrogens with zero attached hydrogens (tertiary/aromatic N) is 2. The van der Waals surface area contributed by atoms with Crippen molar-refractivity contribution in [3.8, 4) is 0 Å². The third kappa shape index (κ3) is 2.04. The van der Waals surface area contributed by atoms with Gasteiger partial charge in [-0.3, -0.25) is 4.98 Å². The van der Waals surface area contributed by atoms with Gasteiger partial charge in [0.05, 0.1) is 5.60 Å². The van der Waals surface area contributed by atoms with Crippen molar-refractivity contribution in [2.24, 2.45) is 0 Å². The molecule has 14 heavy (non-hydrogen) atoms. The summed E-state index contributed by atoms with van der Waals surface area (Å²) in [6, 6.07) is 3.98. The lowest BCUT2D eigenvalue weighted by Gasteiger charge is -2.38. The fraction of sp³-hybridized carbons (Fsp3) is 0.545. The van der Waals surface area contributed by atoms with Gasteiger partial charge in [0.15, 0.2) is 0 Å². The number of hydrogen-bond donors (Lipinski definition) is 1. The number of anilines is 1. The summed E-state index contributed by atoms with van der Waals surface area (Å²) < 4.78 is 0. The highest BCUT2D eigenvalue weighted by Crippen LogP contribution is 2.24. The standard InChI is InChI=1S/C11H16N2O/c1-11(14)5-2-8-13(9-11)10-3-6-12-7-4-10/h3-4,6-7,14H,2,5,8-9H2,1H3/t11-/m0/s1. The molecule has 1 atom stereocenters. The Bertz CT molecular complexity index is 297. The molecule has 0 aromatic carbocycles. The van der Waals surface area contributed by atoms with E-state index in [0.717, 1.165) is 31.6 Å². The van der Waals surface area contributed by atoms with E-state index < -0.39 is 5.60 Å². The van der Waals surface area contributed by atoms with Crippen LogP contribution in [0.15, 0.2) is 24.5 Å². The lowest BCUT2D eigenvalue weighted by molar-refractivity contribution is 0.0449. The van der Waals surface area contributed by atoms with Crippen molar-refractivity contribution in [3.05, 3.63) is 24.5 Å². The van der Waals surface area contributed by atoms with Gasteiger partial charge in [0.25, 0.3) is 0 Å². The van der Waals surface area contributed by atoms with Crippen molar-refractivity contribution in [2.75, 3.05) is 18.0 Å². The number of aliphatic hydroxyl groups is 1. The van der Waals surface area contributed by atoms with Crippen molar-refractivity contribution in [3.63, 3.8) is 0 Å². The van der Waals surface area contributed by atoms with Crippen molar-refractivity contribution in [1.82, 2.24) is 4.98 Å². The lowest BCUT2D eigenvalue weighted by Crippen LogP contribution is -2.46. The first kappa shape index (κ1) is 9.46. The van der Waals surface area contributed by atoms with Crippen LogP contribution in [0.25, 0.3) is 0 Å². The van der Waals surface area contributed by atoms with Gasteiger partial charge in [-0.15, -0.1) is 0 Å². The van der Waals surface area contributed by atoms with Crippen molar-refractivity contribution in [2.45, 2.75) is 25.4 Å². The highest BCUT2D eigenvalue weighted by atomic mass is 16.3. The number of hydrogen-bond acceptors (Lipinski definition) is 3. The van der Waals surface area contributed by atoms with Gasteiger partial charge in [0.2, 0.25) is 0 Å². The summed E-state index contributed by atoms with van der Waals surface area (Å²) in [4.78, 5) is 6.20. The van der Waals surface area contributed by atoms with Crippen LogP contribution in [0, 0.1) is 0 Å². The first-order chi connectivity index (χ1) is 6.67. The maximum Gasteiger partial charge on any atom is 0.0794 e. The molecule has 3 nitrogen and oxygen atoms in total. The second-order valence-corrected chi connectivity index (χ2v) is 4.23. The normalized spacial score (nSPS) is 27.7. The van der Waals surface area contributed by atoms with Crippen LogP contribution < -0.4 is 4.90 Å². The van der Waals surface area contributed by atoms with Gasteiger partial charge in [-0.25, -0.2) is 0 Å². The molecule has 0 saturated carbocycles. The Labute approximate surface area is 84.4 Å². The zero-order valence-corrected chi connectivity index (χ0v) is 8.48. The Morgan fingerprint density at radius 1 is 1.43 bits per heavy atom. The van der Waals surface area contributed by atoms with Crippen LogP contribution >= 0.6 is 0 Å². The van der Waals surface area contributed by atoms with E-state index in [0.29, 0.717) is 0 Å². The van der Waals surface area contributed by atoms with E-state index in [1.54, 1.807) is 12.4 Å². The highest BCUT2D eigenvalue weighted by Gasteiger charge is 2.28. The van der Waals surface area contributed by atoms with Crippen LogP contribution in [0.5, 0.6) is 0 Å². The molecule has 0 amide bonds. The molecule has 1 N–H and O–H groups in total. The molecular weight excluding hydrogens is 176 g/mol. The quantitative estimate of drug-likeness (QED) is 0.731. The number of piperidine rings is 1. The predicted molar refractivity (Wildman–Crippen MR) is 56.3 cm³/mol. The van der Waals surface area contributed by atoms with Gasteiger partial charge in [0.1, 0.15) is 0 Å². The molecule has 0 radical (unpaired) electrons. The Balaban J connectivity index is 2.12. The van der Waals surface area contributed by atoms with Crippen LogP contribution in [-0.4, -0.2) is 28.8 Å². The Kier molecular flexibility index (Phi) is 2.42. The molecule has 1 aliphatic rings. The minimum Gasteiger partial charge on any atom is -0.388 e. The van der Waals surface area contributed by atoms with Crippen LogP contribution in [-0.2, 0) is 0 Å². The maximum atomic E-state index is 9.95. The molecule has 2 rings (SSSR count). The third-order valence-corrected chi connectivity index (χ3v) is 2.70. The van der Waals surface area contributed by atoms with E-state index in [9.17, 15) is 5.11 Å². The minimum atomic E-state index is -0.540. The largest absolute Gasteiger partial charge is 0.388 e. The SMILES string of the molecule is C[C@]1(O)CCCN(c2ccncc2)C1. The molecule has 0 spiro atoms. The molecule has 76 valence electrons. The van der Waals surface area contributed by atoms with Crippen LogP contribution in [0.2, 0.25) is 0 Å². The molecule has 1 fully saturated rings. The Hall–Kier alpha value is -1.09.